The van der Waals surface area contributed by atoms with Crippen molar-refractivity contribution < 1.29 is 19.1 Å². The van der Waals surface area contributed by atoms with Gasteiger partial charge in [-0.3, -0.25) is 14.4 Å². The molecule has 0 spiro atoms. The lowest BCUT2D eigenvalue weighted by Crippen LogP contribution is -2.55. The predicted octanol–water partition coefficient (Wildman–Crippen LogP) is -0.717. The molecule has 1 rings (SSSR count). The van der Waals surface area contributed by atoms with E-state index in [2.05, 4.69) is 4.74 Å². The lowest BCUT2D eigenvalue weighted by Gasteiger charge is -2.33. The number of piperazine rings is 1. The molecule has 0 aromatic rings. The maximum Gasteiger partial charge on any atom is 0.312 e. The number of amides is 2. The van der Waals surface area contributed by atoms with E-state index in [1.165, 1.54) is 16.9 Å². The quantitative estimate of drug-likeness (QED) is 0.577. The number of nitrogens with zero attached hydrogens (tertiary/aromatic N) is 2. The van der Waals surface area contributed by atoms with Crippen LogP contribution in [0.15, 0.2) is 0 Å². The van der Waals surface area contributed by atoms with Gasteiger partial charge in [0.25, 0.3) is 0 Å². The summed E-state index contributed by atoms with van der Waals surface area (Å²) in [5.74, 6) is -1.30. The van der Waals surface area contributed by atoms with Crippen LogP contribution in [-0.4, -0.2) is 67.3 Å². The van der Waals surface area contributed by atoms with Gasteiger partial charge in [-0.15, -0.1) is 0 Å². The minimum absolute atomic E-state index is 0.0311. The Morgan fingerprint density at radius 1 is 1.24 bits per heavy atom. The van der Waals surface area contributed by atoms with E-state index in [4.69, 9.17) is 0 Å². The van der Waals surface area contributed by atoms with Gasteiger partial charge >= 0.3 is 11.8 Å². The summed E-state index contributed by atoms with van der Waals surface area (Å²) < 4.78 is 4.68. The Bertz CT molecular complexity index is 317. The van der Waals surface area contributed by atoms with Crippen LogP contribution in [0.2, 0.25) is 0 Å². The molecule has 6 heteroatoms. The molecule has 1 aliphatic rings. The zero-order valence-electron chi connectivity index (χ0n) is 10.3. The highest BCUT2D eigenvalue weighted by Crippen LogP contribution is 2.05. The zero-order valence-corrected chi connectivity index (χ0v) is 10.3. The van der Waals surface area contributed by atoms with E-state index in [1.54, 1.807) is 0 Å². The first kappa shape index (κ1) is 13.6. The van der Waals surface area contributed by atoms with Crippen molar-refractivity contribution in [3.05, 3.63) is 0 Å². The number of ether oxygens (including phenoxy) is 1. The van der Waals surface area contributed by atoms with Gasteiger partial charge in [0.1, 0.15) is 6.61 Å². The summed E-state index contributed by atoms with van der Waals surface area (Å²) in [6.45, 7) is 3.38. The van der Waals surface area contributed by atoms with Crippen LogP contribution < -0.4 is 0 Å². The largest absolute Gasteiger partial charge is 0.377 e. The van der Waals surface area contributed by atoms with Gasteiger partial charge in [0.15, 0.2) is 5.78 Å². The fourth-order valence-electron chi connectivity index (χ4n) is 1.77. The van der Waals surface area contributed by atoms with Gasteiger partial charge < -0.3 is 14.5 Å². The molecule has 1 heterocycles. The summed E-state index contributed by atoms with van der Waals surface area (Å²) in [5, 5.41) is 0. The van der Waals surface area contributed by atoms with Crippen LogP contribution in [0.1, 0.15) is 13.3 Å². The molecule has 0 radical (unpaired) electrons. The highest BCUT2D eigenvalue weighted by Gasteiger charge is 2.32. The molecule has 0 bridgehead atoms. The Morgan fingerprint density at radius 3 is 2.41 bits per heavy atom. The van der Waals surface area contributed by atoms with Crippen LogP contribution in [0, 0.1) is 0 Å². The van der Waals surface area contributed by atoms with Crippen molar-refractivity contribution in [2.24, 2.45) is 0 Å². The second-order valence-corrected chi connectivity index (χ2v) is 3.99. The van der Waals surface area contributed by atoms with Crippen molar-refractivity contribution in [1.82, 2.24) is 9.80 Å². The van der Waals surface area contributed by atoms with Gasteiger partial charge in [0.2, 0.25) is 0 Å². The van der Waals surface area contributed by atoms with Crippen molar-refractivity contribution in [3.63, 3.8) is 0 Å². The third-order valence-corrected chi connectivity index (χ3v) is 2.56. The number of hydrogen-bond acceptors (Lipinski definition) is 4. The predicted molar refractivity (Wildman–Crippen MR) is 60.3 cm³/mol. The first-order valence-electron chi connectivity index (χ1n) is 5.69. The van der Waals surface area contributed by atoms with Crippen LogP contribution in [0.4, 0.5) is 0 Å². The summed E-state index contributed by atoms with van der Waals surface area (Å²) in [6.07, 6.45) is 0.821. The molecule has 0 saturated carbocycles. The molecule has 0 aromatic carbocycles. The van der Waals surface area contributed by atoms with Crippen molar-refractivity contribution in [3.8, 4) is 0 Å². The third-order valence-electron chi connectivity index (χ3n) is 2.56. The minimum Gasteiger partial charge on any atom is -0.377 e. The second kappa shape index (κ2) is 6.34. The second-order valence-electron chi connectivity index (χ2n) is 3.99. The van der Waals surface area contributed by atoms with Crippen LogP contribution >= 0.6 is 0 Å². The standard InChI is InChI=1S/C11H18N2O4/c1-3-4-12-5-6-13(11(16)10(12)15)7-9(14)8-17-2/h3-8H2,1-2H3. The Kier molecular flexibility index (Phi) is 5.09. The molecular formula is C11H18N2O4. The van der Waals surface area contributed by atoms with Crippen LogP contribution in [0.25, 0.3) is 0 Å². The molecule has 1 aliphatic heterocycles. The number of ketones is 1. The van der Waals surface area contributed by atoms with Gasteiger partial charge in [-0.05, 0) is 6.42 Å². The molecule has 0 atom stereocenters. The molecule has 17 heavy (non-hydrogen) atoms. The lowest BCUT2D eigenvalue weighted by molar-refractivity contribution is -0.156. The fraction of sp³-hybridized carbons (Fsp3) is 0.727. The molecule has 2 amide bonds. The fourth-order valence-corrected chi connectivity index (χ4v) is 1.77. The third kappa shape index (κ3) is 3.52. The van der Waals surface area contributed by atoms with E-state index in [0.29, 0.717) is 19.6 Å². The van der Waals surface area contributed by atoms with Gasteiger partial charge in [-0.25, -0.2) is 0 Å². The Morgan fingerprint density at radius 2 is 1.82 bits per heavy atom. The molecule has 0 N–H and O–H groups in total. The molecule has 0 unspecified atom stereocenters. The molecular weight excluding hydrogens is 224 g/mol. The van der Waals surface area contributed by atoms with Crippen LogP contribution in [0.5, 0.6) is 0 Å². The topological polar surface area (TPSA) is 66.9 Å². The Labute approximate surface area is 101 Å². The van der Waals surface area contributed by atoms with Gasteiger partial charge in [0, 0.05) is 26.7 Å². The summed E-state index contributed by atoms with van der Waals surface area (Å²) in [6, 6.07) is 0. The Balaban J connectivity index is 2.53. The highest BCUT2D eigenvalue weighted by molar-refractivity contribution is 6.35. The van der Waals surface area contributed by atoms with E-state index < -0.39 is 11.8 Å². The normalized spacial score (nSPS) is 16.6. The summed E-state index contributed by atoms with van der Waals surface area (Å²) >= 11 is 0. The average Bonchev–Trinajstić information content (AvgIpc) is 2.29. The molecule has 0 aliphatic carbocycles. The number of Topliss-reactive ketones (excluding diaryl/α,β-unsaturated/α-hetero) is 1. The summed E-state index contributed by atoms with van der Waals surface area (Å²) in [7, 11) is 1.42. The molecule has 6 nitrogen and oxygen atoms in total. The zero-order chi connectivity index (χ0) is 12.8. The van der Waals surface area contributed by atoms with Gasteiger partial charge in [0.05, 0.1) is 6.54 Å². The van der Waals surface area contributed by atoms with Crippen LogP contribution in [-0.2, 0) is 19.1 Å². The summed E-state index contributed by atoms with van der Waals surface area (Å²) in [4.78, 5) is 37.5. The number of rotatable bonds is 6. The summed E-state index contributed by atoms with van der Waals surface area (Å²) in [5.41, 5.74) is 0. The van der Waals surface area contributed by atoms with E-state index in [-0.39, 0.29) is 18.9 Å². The van der Waals surface area contributed by atoms with Crippen molar-refractivity contribution in [1.29, 1.82) is 0 Å². The number of carbonyl (C=O) groups is 3. The number of hydrogen-bond donors (Lipinski definition) is 0. The maximum absolute atomic E-state index is 11.7. The van der Waals surface area contributed by atoms with Crippen molar-refractivity contribution in [2.75, 3.05) is 39.9 Å². The van der Waals surface area contributed by atoms with Gasteiger partial charge in [-0.2, -0.15) is 0 Å². The minimum atomic E-state index is -0.589. The van der Waals surface area contributed by atoms with E-state index in [1.807, 2.05) is 6.92 Å². The van der Waals surface area contributed by atoms with Crippen molar-refractivity contribution >= 4 is 17.6 Å². The van der Waals surface area contributed by atoms with Crippen LogP contribution in [0.3, 0.4) is 0 Å². The molecule has 1 fully saturated rings. The monoisotopic (exact) mass is 242 g/mol. The number of carbonyl (C=O) groups excluding carboxylic acids is 3. The highest BCUT2D eigenvalue weighted by atomic mass is 16.5. The smallest absolute Gasteiger partial charge is 0.312 e. The van der Waals surface area contributed by atoms with Gasteiger partial charge in [-0.1, -0.05) is 6.92 Å². The maximum atomic E-state index is 11.7. The lowest BCUT2D eigenvalue weighted by atomic mass is 10.2. The first-order valence-corrected chi connectivity index (χ1v) is 5.69. The van der Waals surface area contributed by atoms with E-state index >= 15 is 0 Å². The average molecular weight is 242 g/mol. The number of methoxy groups -OCH3 is 1. The molecule has 0 aromatic heterocycles. The molecule has 96 valence electrons. The van der Waals surface area contributed by atoms with Crippen molar-refractivity contribution in [2.45, 2.75) is 13.3 Å². The molecule has 1 saturated heterocycles. The van der Waals surface area contributed by atoms with E-state index in [9.17, 15) is 14.4 Å². The Hall–Kier alpha value is -1.43. The van der Waals surface area contributed by atoms with E-state index in [0.717, 1.165) is 6.42 Å². The SMILES string of the molecule is CCCN1CCN(CC(=O)COC)C(=O)C1=O. The first-order chi connectivity index (χ1) is 8.10.